The molecule has 0 radical (unpaired) electrons. The maximum atomic E-state index is 12.2. The highest BCUT2D eigenvalue weighted by Crippen LogP contribution is 2.26. The molecule has 2 N–H and O–H groups in total. The van der Waals surface area contributed by atoms with E-state index < -0.39 is 0 Å². The van der Waals surface area contributed by atoms with E-state index in [2.05, 4.69) is 33.6 Å². The largest absolute Gasteiger partial charge is 0.379 e. The molecule has 3 rings (SSSR count). The van der Waals surface area contributed by atoms with Crippen LogP contribution in [-0.4, -0.2) is 17.4 Å². The summed E-state index contributed by atoms with van der Waals surface area (Å²) < 4.78 is 0. The highest BCUT2D eigenvalue weighted by Gasteiger charge is 2.11. The van der Waals surface area contributed by atoms with Crippen molar-refractivity contribution in [1.82, 2.24) is 10.3 Å². The van der Waals surface area contributed by atoms with Crippen LogP contribution in [0.15, 0.2) is 59.1 Å². The molecule has 0 bridgehead atoms. The van der Waals surface area contributed by atoms with E-state index in [0.717, 1.165) is 22.0 Å². The van der Waals surface area contributed by atoms with Gasteiger partial charge in [0.05, 0.1) is 17.8 Å². The lowest BCUT2D eigenvalue weighted by Gasteiger charge is -2.10. The smallest absolute Gasteiger partial charge is 0.253 e. The third kappa shape index (κ3) is 3.90. The third-order valence-corrected chi connectivity index (χ3v) is 4.98. The first-order chi connectivity index (χ1) is 11.8. The van der Waals surface area contributed by atoms with Gasteiger partial charge in [0.2, 0.25) is 0 Å². The topological polar surface area (TPSA) is 54.0 Å². The predicted molar refractivity (Wildman–Crippen MR) is 102 cm³/mol. The van der Waals surface area contributed by atoms with E-state index in [-0.39, 0.29) is 5.91 Å². The number of anilines is 1. The number of amides is 1. The number of nitrogens with one attached hydrogen (secondary N) is 2. The van der Waals surface area contributed by atoms with Gasteiger partial charge in [-0.15, -0.1) is 17.9 Å². The molecule has 1 aromatic carbocycles. The van der Waals surface area contributed by atoms with E-state index in [1.807, 2.05) is 29.0 Å². The number of carbonyl (C=O) groups excluding carboxylic acids is 1. The van der Waals surface area contributed by atoms with Gasteiger partial charge in [-0.1, -0.05) is 18.2 Å². The zero-order valence-corrected chi connectivity index (χ0v) is 14.6. The minimum absolute atomic E-state index is 0.116. The van der Waals surface area contributed by atoms with Gasteiger partial charge in [-0.3, -0.25) is 4.79 Å². The van der Waals surface area contributed by atoms with Crippen LogP contribution < -0.4 is 10.6 Å². The van der Waals surface area contributed by atoms with Gasteiger partial charge in [0, 0.05) is 28.6 Å². The van der Waals surface area contributed by atoms with Crippen LogP contribution in [-0.2, 0) is 6.54 Å². The van der Waals surface area contributed by atoms with Crippen LogP contribution in [0.2, 0.25) is 0 Å². The lowest BCUT2D eigenvalue weighted by molar-refractivity contribution is 0.0959. The standard InChI is InChI=1S/C18H17N3OS2/c1-2-8-19-17(22)15-5-3-4-6-16(15)20-10-14-12-24-18(21-14)13-7-9-23-11-13/h2-7,9,11-12,20H,1,8,10H2,(H,19,22). The van der Waals surface area contributed by atoms with Crippen molar-refractivity contribution in [2.75, 3.05) is 11.9 Å². The molecule has 2 aromatic heterocycles. The Kier molecular flexibility index (Phi) is 5.40. The number of hydrogen-bond donors (Lipinski definition) is 2. The van der Waals surface area contributed by atoms with Crippen molar-refractivity contribution in [2.45, 2.75) is 6.54 Å². The van der Waals surface area contributed by atoms with Crippen molar-refractivity contribution >= 4 is 34.3 Å². The molecule has 0 aliphatic carbocycles. The number of aromatic nitrogens is 1. The monoisotopic (exact) mass is 355 g/mol. The number of para-hydroxylation sites is 1. The lowest BCUT2D eigenvalue weighted by Crippen LogP contribution is -2.24. The van der Waals surface area contributed by atoms with E-state index in [9.17, 15) is 4.79 Å². The van der Waals surface area contributed by atoms with E-state index in [4.69, 9.17) is 0 Å². The minimum atomic E-state index is -0.116. The summed E-state index contributed by atoms with van der Waals surface area (Å²) >= 11 is 3.29. The molecular formula is C18H17N3OS2. The fraction of sp³-hybridized carbons (Fsp3) is 0.111. The van der Waals surface area contributed by atoms with E-state index in [0.29, 0.717) is 18.7 Å². The summed E-state index contributed by atoms with van der Waals surface area (Å²) in [6.45, 7) is 4.63. The Morgan fingerprint density at radius 3 is 2.92 bits per heavy atom. The fourth-order valence-corrected chi connectivity index (χ4v) is 3.72. The summed E-state index contributed by atoms with van der Waals surface area (Å²) in [7, 11) is 0. The minimum Gasteiger partial charge on any atom is -0.379 e. The lowest BCUT2D eigenvalue weighted by atomic mass is 10.1. The Bertz CT molecular complexity index is 824. The highest BCUT2D eigenvalue weighted by molar-refractivity contribution is 7.14. The second-order valence-corrected chi connectivity index (χ2v) is 6.69. The summed E-state index contributed by atoms with van der Waals surface area (Å²) in [4.78, 5) is 16.8. The van der Waals surface area contributed by atoms with Gasteiger partial charge in [0.25, 0.3) is 5.91 Å². The molecule has 0 aliphatic rings. The summed E-state index contributed by atoms with van der Waals surface area (Å²) in [5.41, 5.74) is 3.53. The Morgan fingerprint density at radius 2 is 2.12 bits per heavy atom. The number of hydrogen-bond acceptors (Lipinski definition) is 5. The van der Waals surface area contributed by atoms with Crippen molar-refractivity contribution in [1.29, 1.82) is 0 Å². The van der Waals surface area contributed by atoms with Crippen LogP contribution in [0.25, 0.3) is 10.6 Å². The molecule has 122 valence electrons. The van der Waals surface area contributed by atoms with Gasteiger partial charge in [-0.25, -0.2) is 4.98 Å². The normalized spacial score (nSPS) is 10.3. The van der Waals surface area contributed by atoms with Crippen LogP contribution >= 0.6 is 22.7 Å². The molecule has 3 aromatic rings. The molecule has 0 aliphatic heterocycles. The van der Waals surface area contributed by atoms with Crippen LogP contribution in [0.5, 0.6) is 0 Å². The first-order valence-electron chi connectivity index (χ1n) is 7.47. The average Bonchev–Trinajstić information content (AvgIpc) is 3.29. The number of thiazole rings is 1. The summed E-state index contributed by atoms with van der Waals surface area (Å²) in [6.07, 6.45) is 1.66. The quantitative estimate of drug-likeness (QED) is 0.618. The number of nitrogens with zero attached hydrogens (tertiary/aromatic N) is 1. The van der Waals surface area contributed by atoms with Gasteiger partial charge < -0.3 is 10.6 Å². The van der Waals surface area contributed by atoms with E-state index in [1.54, 1.807) is 34.8 Å². The zero-order chi connectivity index (χ0) is 16.8. The van der Waals surface area contributed by atoms with Gasteiger partial charge in [0.15, 0.2) is 0 Å². The summed E-state index contributed by atoms with van der Waals surface area (Å²) in [5.74, 6) is -0.116. The van der Waals surface area contributed by atoms with Crippen LogP contribution in [0.3, 0.4) is 0 Å². The van der Waals surface area contributed by atoms with Gasteiger partial charge in [-0.2, -0.15) is 11.3 Å². The molecule has 4 nitrogen and oxygen atoms in total. The predicted octanol–water partition coefficient (Wildman–Crippen LogP) is 4.40. The van der Waals surface area contributed by atoms with Crippen LogP contribution in [0, 0.1) is 0 Å². The number of rotatable bonds is 7. The van der Waals surface area contributed by atoms with Crippen molar-refractivity contribution in [3.8, 4) is 10.6 Å². The molecule has 1 amide bonds. The Labute approximate surface area is 148 Å². The second-order valence-electron chi connectivity index (χ2n) is 5.05. The molecular weight excluding hydrogens is 338 g/mol. The summed E-state index contributed by atoms with van der Waals surface area (Å²) in [6, 6.07) is 9.53. The molecule has 0 unspecified atom stereocenters. The van der Waals surface area contributed by atoms with Crippen molar-refractivity contribution in [3.05, 3.63) is 70.4 Å². The number of thiophene rings is 1. The van der Waals surface area contributed by atoms with Crippen molar-refractivity contribution in [2.24, 2.45) is 0 Å². The van der Waals surface area contributed by atoms with Crippen molar-refractivity contribution in [3.63, 3.8) is 0 Å². The average molecular weight is 355 g/mol. The van der Waals surface area contributed by atoms with Gasteiger partial charge in [-0.05, 0) is 23.6 Å². The molecule has 6 heteroatoms. The van der Waals surface area contributed by atoms with Crippen molar-refractivity contribution < 1.29 is 4.79 Å². The maximum Gasteiger partial charge on any atom is 0.253 e. The van der Waals surface area contributed by atoms with E-state index in [1.165, 1.54) is 0 Å². The molecule has 0 saturated heterocycles. The van der Waals surface area contributed by atoms with E-state index >= 15 is 0 Å². The Morgan fingerprint density at radius 1 is 1.25 bits per heavy atom. The number of carbonyl (C=O) groups is 1. The second kappa shape index (κ2) is 7.90. The molecule has 2 heterocycles. The first-order valence-corrected chi connectivity index (χ1v) is 9.29. The maximum absolute atomic E-state index is 12.2. The first kappa shape index (κ1) is 16.4. The Hall–Kier alpha value is -2.44. The number of benzene rings is 1. The molecule has 0 fully saturated rings. The van der Waals surface area contributed by atoms with Gasteiger partial charge >= 0.3 is 0 Å². The molecule has 0 atom stereocenters. The fourth-order valence-electron chi connectivity index (χ4n) is 2.19. The molecule has 0 saturated carbocycles. The van der Waals surface area contributed by atoms with Crippen LogP contribution in [0.4, 0.5) is 5.69 Å². The summed E-state index contributed by atoms with van der Waals surface area (Å²) in [5, 5.41) is 13.3. The highest BCUT2D eigenvalue weighted by atomic mass is 32.1. The van der Waals surface area contributed by atoms with Gasteiger partial charge in [0.1, 0.15) is 5.01 Å². The van der Waals surface area contributed by atoms with Crippen LogP contribution in [0.1, 0.15) is 16.1 Å². The SMILES string of the molecule is C=CCNC(=O)c1ccccc1NCc1csc(-c2ccsc2)n1. The zero-order valence-electron chi connectivity index (χ0n) is 13.0. The molecule has 24 heavy (non-hydrogen) atoms. The Balaban J connectivity index is 1.69. The molecule has 0 spiro atoms. The third-order valence-electron chi connectivity index (χ3n) is 3.36.